The van der Waals surface area contributed by atoms with Crippen LogP contribution in [0.2, 0.25) is 0 Å². The van der Waals surface area contributed by atoms with Crippen LogP contribution >= 0.6 is 0 Å². The number of nitrogens with one attached hydrogen (secondary N) is 4. The van der Waals surface area contributed by atoms with Crippen molar-refractivity contribution in [1.82, 2.24) is 35.5 Å². The van der Waals surface area contributed by atoms with Crippen LogP contribution in [-0.4, -0.2) is 62.4 Å². The maximum atomic E-state index is 13.5. The van der Waals surface area contributed by atoms with Crippen LogP contribution in [0.1, 0.15) is 75.1 Å². The molecule has 2 saturated carbocycles. The number of hydrogen-bond donors (Lipinski definition) is 4. The molecular formula is C44H49N7O4. The van der Waals surface area contributed by atoms with Crippen LogP contribution < -0.4 is 10.6 Å². The van der Waals surface area contributed by atoms with Crippen LogP contribution in [0.25, 0.3) is 33.6 Å². The van der Waals surface area contributed by atoms with E-state index in [9.17, 15) is 14.4 Å². The summed E-state index contributed by atoms with van der Waals surface area (Å²) in [7, 11) is 1.30. The van der Waals surface area contributed by atoms with Crippen LogP contribution in [0.5, 0.6) is 0 Å². The second-order valence-electron chi connectivity index (χ2n) is 15.7. The number of amides is 3. The zero-order chi connectivity index (χ0) is 38.1. The Hall–Kier alpha value is -5.71. The predicted molar refractivity (Wildman–Crippen MR) is 210 cm³/mol. The van der Waals surface area contributed by atoms with Gasteiger partial charge in [-0.3, -0.25) is 9.59 Å². The molecule has 1 saturated heterocycles. The third-order valence-corrected chi connectivity index (χ3v) is 12.0. The Morgan fingerprint density at radius 1 is 0.800 bits per heavy atom. The van der Waals surface area contributed by atoms with Gasteiger partial charge in [0.1, 0.15) is 17.7 Å². The molecule has 8 rings (SSSR count). The molecule has 3 aromatic carbocycles. The van der Waals surface area contributed by atoms with Crippen molar-refractivity contribution in [3.63, 3.8) is 0 Å². The van der Waals surface area contributed by atoms with Gasteiger partial charge in [-0.1, -0.05) is 92.7 Å². The fourth-order valence-corrected chi connectivity index (χ4v) is 9.15. The maximum absolute atomic E-state index is 13.5. The fourth-order valence-electron chi connectivity index (χ4n) is 9.15. The van der Waals surface area contributed by atoms with E-state index in [1.165, 1.54) is 7.11 Å². The first-order valence-corrected chi connectivity index (χ1v) is 19.5. The highest BCUT2D eigenvalue weighted by Crippen LogP contribution is 2.56. The third kappa shape index (κ3) is 7.39. The standard InChI is InChI=1S/C44H49N7O4/c1-26(2)39(50-44(54)55-3)43(53)51-21-7-10-36(51)40-45-24-34(48-40)30-15-11-28(12-16-30)29-13-17-31(18-14-29)35-25-46-41(49-35)37-32-19-20-33(22-32)38(37)42(52)47-23-27-8-5-4-6-9-27/h4-6,8-9,11-18,24-26,32-33,36-39H,7,10,19-23H2,1-3H3,(H,45,48)(H,46,49)(H,47,52)(H,50,54)/t32?,33?,36?,37-,38?,39+/m1/s1. The number of aromatic amines is 2. The molecule has 5 aromatic rings. The minimum absolute atomic E-state index is 0.0546. The number of methoxy groups -OCH3 is 1. The van der Waals surface area contributed by atoms with Gasteiger partial charge in [0.2, 0.25) is 11.8 Å². The van der Waals surface area contributed by atoms with Crippen molar-refractivity contribution in [2.75, 3.05) is 13.7 Å². The summed E-state index contributed by atoms with van der Waals surface area (Å²) in [5, 5.41) is 5.92. The molecule has 2 bridgehead atoms. The zero-order valence-electron chi connectivity index (χ0n) is 31.6. The van der Waals surface area contributed by atoms with Gasteiger partial charge in [0.25, 0.3) is 0 Å². The lowest BCUT2D eigenvalue weighted by atomic mass is 9.78. The van der Waals surface area contributed by atoms with E-state index in [2.05, 4.69) is 74.1 Å². The summed E-state index contributed by atoms with van der Waals surface area (Å²) in [6.07, 6.45) is 8.13. The lowest BCUT2D eigenvalue weighted by molar-refractivity contribution is -0.135. The Morgan fingerprint density at radius 3 is 2.04 bits per heavy atom. The van der Waals surface area contributed by atoms with Gasteiger partial charge >= 0.3 is 6.09 Å². The highest BCUT2D eigenvalue weighted by molar-refractivity contribution is 5.86. The summed E-state index contributed by atoms with van der Waals surface area (Å²) in [6.45, 7) is 4.97. The normalized spacial score (nSPS) is 22.2. The molecule has 55 heavy (non-hydrogen) atoms. The van der Waals surface area contributed by atoms with Crippen molar-refractivity contribution in [3.05, 3.63) is 108 Å². The van der Waals surface area contributed by atoms with Crippen LogP contribution in [-0.2, 0) is 20.9 Å². The van der Waals surface area contributed by atoms with Crippen molar-refractivity contribution < 1.29 is 19.1 Å². The number of nitrogens with zero attached hydrogens (tertiary/aromatic N) is 3. The summed E-state index contributed by atoms with van der Waals surface area (Å²) >= 11 is 0. The second-order valence-corrected chi connectivity index (χ2v) is 15.7. The maximum Gasteiger partial charge on any atom is 0.407 e. The van der Waals surface area contributed by atoms with E-state index < -0.39 is 12.1 Å². The van der Waals surface area contributed by atoms with Crippen molar-refractivity contribution in [2.24, 2.45) is 23.7 Å². The van der Waals surface area contributed by atoms with Gasteiger partial charge in [-0.15, -0.1) is 0 Å². The SMILES string of the molecule is COC(=O)N[C@H](C(=O)N1CCCC1c1ncc(-c2ccc(-c3ccc(-c4cnc([C@@H]5C6CCC(C6)C5C(=O)NCc5ccccc5)[nH]4)cc3)cc2)[nH]1)C(C)C. The number of rotatable bonds is 11. The van der Waals surface area contributed by atoms with Crippen LogP contribution in [0.3, 0.4) is 0 Å². The number of imidazole rings is 2. The molecule has 4 N–H and O–H groups in total. The van der Waals surface area contributed by atoms with Gasteiger partial charge in [0, 0.05) is 19.0 Å². The summed E-state index contributed by atoms with van der Waals surface area (Å²) in [5.74, 6) is 2.53. The topological polar surface area (TPSA) is 145 Å². The Bertz CT molecular complexity index is 2120. The highest BCUT2D eigenvalue weighted by atomic mass is 16.5. The van der Waals surface area contributed by atoms with Gasteiger partial charge in [-0.2, -0.15) is 0 Å². The number of benzene rings is 3. The summed E-state index contributed by atoms with van der Waals surface area (Å²) in [6, 6.07) is 26.1. The molecule has 3 amide bonds. The molecule has 11 nitrogen and oxygen atoms in total. The molecule has 6 atom stereocenters. The molecular weight excluding hydrogens is 691 g/mol. The van der Waals surface area contributed by atoms with Crippen molar-refractivity contribution in [1.29, 1.82) is 0 Å². The number of hydrogen-bond acceptors (Lipinski definition) is 6. The molecule has 4 unspecified atom stereocenters. The average molecular weight is 740 g/mol. The molecule has 0 spiro atoms. The minimum atomic E-state index is -0.675. The monoisotopic (exact) mass is 739 g/mol. The number of ether oxygens (including phenoxy) is 1. The first-order valence-electron chi connectivity index (χ1n) is 19.5. The van der Waals surface area contributed by atoms with Gasteiger partial charge in [-0.05, 0) is 77.7 Å². The molecule has 2 aliphatic carbocycles. The van der Waals surface area contributed by atoms with Crippen LogP contribution in [0, 0.1) is 23.7 Å². The number of alkyl carbamates (subject to hydrolysis) is 1. The smallest absolute Gasteiger partial charge is 0.407 e. The van der Waals surface area contributed by atoms with E-state index in [4.69, 9.17) is 9.72 Å². The van der Waals surface area contributed by atoms with Gasteiger partial charge in [0.15, 0.2) is 0 Å². The lowest BCUT2D eigenvalue weighted by Crippen LogP contribution is -2.51. The van der Waals surface area contributed by atoms with Crippen LogP contribution in [0.4, 0.5) is 4.79 Å². The van der Waals surface area contributed by atoms with Crippen molar-refractivity contribution in [2.45, 2.75) is 70.5 Å². The molecule has 3 aliphatic rings. The van der Waals surface area contributed by atoms with E-state index in [1.54, 1.807) is 0 Å². The number of likely N-dealkylation sites (tertiary alicyclic amines) is 1. The number of carbonyl (C=O) groups is 3. The summed E-state index contributed by atoms with van der Waals surface area (Å²) < 4.78 is 4.76. The first kappa shape index (κ1) is 36.3. The number of carbonyl (C=O) groups excluding carboxylic acids is 3. The number of fused-ring (bicyclic) bond motifs is 2. The Kier molecular flexibility index (Phi) is 10.3. The number of H-pyrrole nitrogens is 2. The Balaban J connectivity index is 0.918. The first-order chi connectivity index (χ1) is 26.8. The molecule has 11 heteroatoms. The quantitative estimate of drug-likeness (QED) is 0.110. The molecule has 3 heterocycles. The van der Waals surface area contributed by atoms with E-state index in [0.717, 1.165) is 83.0 Å². The minimum Gasteiger partial charge on any atom is -0.453 e. The lowest BCUT2D eigenvalue weighted by Gasteiger charge is -2.30. The van der Waals surface area contributed by atoms with Crippen molar-refractivity contribution in [3.8, 4) is 33.6 Å². The van der Waals surface area contributed by atoms with Crippen LogP contribution in [0.15, 0.2) is 91.3 Å². The number of aromatic nitrogens is 4. The molecule has 2 aromatic heterocycles. The average Bonchev–Trinajstić information content (AvgIpc) is 4.07. The van der Waals surface area contributed by atoms with Gasteiger partial charge in [-0.25, -0.2) is 14.8 Å². The largest absolute Gasteiger partial charge is 0.453 e. The van der Waals surface area contributed by atoms with E-state index in [1.807, 2.05) is 61.5 Å². The molecule has 284 valence electrons. The fraction of sp³-hybridized carbons (Fsp3) is 0.386. The molecule has 1 aliphatic heterocycles. The third-order valence-electron chi connectivity index (χ3n) is 12.0. The van der Waals surface area contributed by atoms with E-state index >= 15 is 0 Å². The Morgan fingerprint density at radius 2 is 1.40 bits per heavy atom. The second kappa shape index (κ2) is 15.6. The highest BCUT2D eigenvalue weighted by Gasteiger charge is 2.52. The summed E-state index contributed by atoms with van der Waals surface area (Å²) in [5.41, 5.74) is 7.20. The van der Waals surface area contributed by atoms with E-state index in [0.29, 0.717) is 24.9 Å². The summed E-state index contributed by atoms with van der Waals surface area (Å²) in [4.78, 5) is 57.4. The Labute approximate surface area is 321 Å². The molecule has 3 fully saturated rings. The molecule has 0 radical (unpaired) electrons. The van der Waals surface area contributed by atoms with E-state index in [-0.39, 0.29) is 35.6 Å². The zero-order valence-corrected chi connectivity index (χ0v) is 31.6. The van der Waals surface area contributed by atoms with Crippen molar-refractivity contribution >= 4 is 17.9 Å². The van der Waals surface area contributed by atoms with Gasteiger partial charge < -0.3 is 30.2 Å². The van der Waals surface area contributed by atoms with Gasteiger partial charge in [0.05, 0.1) is 42.9 Å². The predicted octanol–water partition coefficient (Wildman–Crippen LogP) is 7.62.